The second-order valence-corrected chi connectivity index (χ2v) is 7.14. The fourth-order valence-electron chi connectivity index (χ4n) is 2.67. The highest BCUT2D eigenvalue weighted by molar-refractivity contribution is 5.77. The number of carbonyl (C=O) groups excluding carboxylic acids is 1. The second kappa shape index (κ2) is 7.60. The van der Waals surface area contributed by atoms with Crippen LogP contribution in [0.4, 0.5) is 0 Å². The molecular weight excluding hydrogens is 328 g/mol. The van der Waals surface area contributed by atoms with Gasteiger partial charge in [-0.05, 0) is 63.6 Å². The van der Waals surface area contributed by atoms with Crippen LogP contribution in [0.5, 0.6) is 5.75 Å². The van der Waals surface area contributed by atoms with Gasteiger partial charge in [-0.2, -0.15) is 0 Å². The number of benzene rings is 2. The molecule has 1 heterocycles. The Morgan fingerprint density at radius 3 is 2.54 bits per heavy atom. The van der Waals surface area contributed by atoms with Crippen LogP contribution in [0.25, 0.3) is 16.7 Å². The molecule has 1 aromatic heterocycles. The molecule has 0 aliphatic rings. The van der Waals surface area contributed by atoms with Crippen molar-refractivity contribution < 1.29 is 14.3 Å². The van der Waals surface area contributed by atoms with Gasteiger partial charge in [0.25, 0.3) is 0 Å². The summed E-state index contributed by atoms with van der Waals surface area (Å²) < 4.78 is 13.0. The molecule has 5 heteroatoms. The molecule has 0 spiro atoms. The number of esters is 1. The highest BCUT2D eigenvalue weighted by Crippen LogP contribution is 2.20. The molecule has 0 aliphatic carbocycles. The number of imidazole rings is 1. The predicted molar refractivity (Wildman–Crippen MR) is 102 cm³/mol. The van der Waals surface area contributed by atoms with Crippen LogP contribution in [-0.2, 0) is 9.53 Å². The van der Waals surface area contributed by atoms with Crippen molar-refractivity contribution in [3.05, 3.63) is 54.9 Å². The van der Waals surface area contributed by atoms with E-state index in [-0.39, 0.29) is 5.97 Å². The van der Waals surface area contributed by atoms with Crippen LogP contribution in [0.15, 0.2) is 54.9 Å². The first kappa shape index (κ1) is 18.0. The zero-order valence-corrected chi connectivity index (χ0v) is 15.4. The summed E-state index contributed by atoms with van der Waals surface area (Å²) in [5.74, 6) is 0.589. The molecule has 0 fully saturated rings. The first-order valence-electron chi connectivity index (χ1n) is 8.79. The lowest BCUT2D eigenvalue weighted by molar-refractivity contribution is -0.155. The molecule has 0 saturated carbocycles. The zero-order valence-electron chi connectivity index (χ0n) is 15.4. The van der Waals surface area contributed by atoms with E-state index in [0.717, 1.165) is 22.5 Å². The van der Waals surface area contributed by atoms with Crippen LogP contribution >= 0.6 is 0 Å². The van der Waals surface area contributed by atoms with Crippen LogP contribution < -0.4 is 4.74 Å². The summed E-state index contributed by atoms with van der Waals surface area (Å²) >= 11 is 0. The molecule has 0 atom stereocenters. The Kier molecular flexibility index (Phi) is 5.26. The molecule has 3 aromatic rings. The minimum atomic E-state index is -0.439. The molecule has 3 rings (SSSR count). The lowest BCUT2D eigenvalue weighted by Gasteiger charge is -2.19. The van der Waals surface area contributed by atoms with Crippen LogP contribution in [0, 0.1) is 0 Å². The molecule has 26 heavy (non-hydrogen) atoms. The Bertz CT molecular complexity index is 876. The summed E-state index contributed by atoms with van der Waals surface area (Å²) in [5.41, 5.74) is 2.62. The van der Waals surface area contributed by atoms with Crippen LogP contribution in [-0.4, -0.2) is 27.7 Å². The third-order valence-electron chi connectivity index (χ3n) is 3.78. The van der Waals surface area contributed by atoms with Gasteiger partial charge in [-0.25, -0.2) is 4.98 Å². The maximum Gasteiger partial charge on any atom is 0.306 e. The van der Waals surface area contributed by atoms with Crippen molar-refractivity contribution in [2.45, 2.75) is 39.2 Å². The molecular formula is C21H24N2O3. The number of fused-ring (bicyclic) bond motifs is 1. The van der Waals surface area contributed by atoms with Gasteiger partial charge in [0, 0.05) is 12.1 Å². The van der Waals surface area contributed by atoms with E-state index in [2.05, 4.69) is 4.98 Å². The topological polar surface area (TPSA) is 53.4 Å². The molecule has 0 radical (unpaired) electrons. The van der Waals surface area contributed by atoms with Crippen molar-refractivity contribution in [1.82, 2.24) is 9.55 Å². The monoisotopic (exact) mass is 352 g/mol. The van der Waals surface area contributed by atoms with E-state index in [4.69, 9.17) is 9.47 Å². The Morgan fingerprint density at radius 1 is 1.08 bits per heavy atom. The van der Waals surface area contributed by atoms with Gasteiger partial charge in [0.2, 0.25) is 0 Å². The van der Waals surface area contributed by atoms with Gasteiger partial charge in [-0.3, -0.25) is 9.36 Å². The molecule has 2 aromatic carbocycles. The molecule has 5 nitrogen and oxygen atoms in total. The molecule has 136 valence electrons. The quantitative estimate of drug-likeness (QED) is 0.483. The largest absolute Gasteiger partial charge is 0.494 e. The normalized spacial score (nSPS) is 11.5. The van der Waals surface area contributed by atoms with Gasteiger partial charge in [-0.15, -0.1) is 0 Å². The fraction of sp³-hybridized carbons (Fsp3) is 0.333. The van der Waals surface area contributed by atoms with Gasteiger partial charge >= 0.3 is 5.97 Å². The van der Waals surface area contributed by atoms with E-state index in [1.54, 1.807) is 0 Å². The number of ether oxygens (including phenoxy) is 2. The maximum atomic E-state index is 11.7. The fourth-order valence-corrected chi connectivity index (χ4v) is 2.67. The molecule has 0 aliphatic heterocycles. The van der Waals surface area contributed by atoms with E-state index >= 15 is 0 Å². The average Bonchev–Trinajstić information content (AvgIpc) is 3.02. The van der Waals surface area contributed by atoms with Crippen LogP contribution in [0.1, 0.15) is 33.6 Å². The van der Waals surface area contributed by atoms with Crippen LogP contribution in [0.3, 0.4) is 0 Å². The molecule has 0 unspecified atom stereocenters. The van der Waals surface area contributed by atoms with Gasteiger partial charge in [0.1, 0.15) is 17.7 Å². The predicted octanol–water partition coefficient (Wildman–Crippen LogP) is 4.53. The second-order valence-electron chi connectivity index (χ2n) is 7.14. The number of hydrogen-bond acceptors (Lipinski definition) is 4. The van der Waals surface area contributed by atoms with Gasteiger partial charge in [0.05, 0.1) is 17.6 Å². The average molecular weight is 352 g/mol. The third kappa shape index (κ3) is 4.63. The Hall–Kier alpha value is -2.82. The zero-order chi connectivity index (χ0) is 18.6. The Morgan fingerprint density at radius 2 is 1.81 bits per heavy atom. The number of nitrogens with zero attached hydrogens (tertiary/aromatic N) is 2. The summed E-state index contributed by atoms with van der Waals surface area (Å²) in [5, 5.41) is 0. The van der Waals surface area contributed by atoms with Crippen molar-refractivity contribution >= 4 is 17.0 Å². The van der Waals surface area contributed by atoms with E-state index in [9.17, 15) is 4.79 Å². The summed E-state index contributed by atoms with van der Waals surface area (Å²) in [6.07, 6.45) is 2.81. The molecule has 0 amide bonds. The van der Waals surface area contributed by atoms with E-state index < -0.39 is 5.60 Å². The highest BCUT2D eigenvalue weighted by atomic mass is 16.6. The van der Waals surface area contributed by atoms with E-state index in [1.165, 1.54) is 0 Å². The number of hydrogen-bond donors (Lipinski definition) is 0. The lowest BCUT2D eigenvalue weighted by Crippen LogP contribution is -2.23. The molecule has 0 saturated heterocycles. The smallest absolute Gasteiger partial charge is 0.306 e. The lowest BCUT2D eigenvalue weighted by atomic mass is 10.2. The van der Waals surface area contributed by atoms with Crippen LogP contribution in [0.2, 0.25) is 0 Å². The van der Waals surface area contributed by atoms with Gasteiger partial charge < -0.3 is 9.47 Å². The summed E-state index contributed by atoms with van der Waals surface area (Å²) in [4.78, 5) is 16.1. The molecule has 0 N–H and O–H groups in total. The van der Waals surface area contributed by atoms with E-state index in [1.807, 2.05) is 80.2 Å². The SMILES string of the molecule is CC(C)(C)OC(=O)CCCOc1ccc(-n2cnc3ccccc32)cc1. The van der Waals surface area contributed by atoms with Crippen molar-refractivity contribution in [2.75, 3.05) is 6.61 Å². The summed E-state index contributed by atoms with van der Waals surface area (Å²) in [6, 6.07) is 15.9. The highest BCUT2D eigenvalue weighted by Gasteiger charge is 2.15. The molecule has 0 bridgehead atoms. The Labute approximate surface area is 153 Å². The number of carbonyl (C=O) groups is 1. The maximum absolute atomic E-state index is 11.7. The summed E-state index contributed by atoms with van der Waals surface area (Å²) in [7, 11) is 0. The number of rotatable bonds is 6. The van der Waals surface area contributed by atoms with Crippen molar-refractivity contribution in [2.24, 2.45) is 0 Å². The van der Waals surface area contributed by atoms with Gasteiger partial charge in [0.15, 0.2) is 0 Å². The van der Waals surface area contributed by atoms with Crippen molar-refractivity contribution in [3.8, 4) is 11.4 Å². The van der Waals surface area contributed by atoms with Gasteiger partial charge in [-0.1, -0.05) is 12.1 Å². The van der Waals surface area contributed by atoms with Crippen molar-refractivity contribution in [3.63, 3.8) is 0 Å². The Balaban J connectivity index is 1.53. The van der Waals surface area contributed by atoms with Crippen molar-refractivity contribution in [1.29, 1.82) is 0 Å². The first-order valence-corrected chi connectivity index (χ1v) is 8.79. The number of aromatic nitrogens is 2. The van der Waals surface area contributed by atoms with E-state index in [0.29, 0.717) is 19.4 Å². The first-order chi connectivity index (χ1) is 12.4. The standard InChI is InChI=1S/C21H24N2O3/c1-21(2,3)26-20(24)9-6-14-25-17-12-10-16(11-13-17)23-15-22-18-7-4-5-8-19(18)23/h4-5,7-8,10-13,15H,6,9,14H2,1-3H3. The third-order valence-corrected chi connectivity index (χ3v) is 3.78. The summed E-state index contributed by atoms with van der Waals surface area (Å²) in [6.45, 7) is 6.08. The minimum Gasteiger partial charge on any atom is -0.494 e. The number of para-hydroxylation sites is 2. The minimum absolute atomic E-state index is 0.191.